The standard InChI is InChI=1S/C15H13N3O3/c19-14(10-7-16-9-17-8-10)18-6-2-4-11-12(15(20)21)3-1-5-13(11)18/h1,3,5,7-9H,2,4,6H2,(H,20,21). The molecular weight excluding hydrogens is 270 g/mol. The lowest BCUT2D eigenvalue weighted by atomic mass is 9.96. The molecule has 2 heterocycles. The summed E-state index contributed by atoms with van der Waals surface area (Å²) >= 11 is 0. The van der Waals surface area contributed by atoms with Crippen molar-refractivity contribution >= 4 is 17.6 Å². The first-order valence-corrected chi connectivity index (χ1v) is 6.60. The highest BCUT2D eigenvalue weighted by Crippen LogP contribution is 2.30. The van der Waals surface area contributed by atoms with Gasteiger partial charge < -0.3 is 10.0 Å². The second kappa shape index (κ2) is 5.32. The zero-order valence-electron chi connectivity index (χ0n) is 11.2. The number of benzene rings is 1. The number of anilines is 1. The van der Waals surface area contributed by atoms with Gasteiger partial charge in [0.2, 0.25) is 0 Å². The van der Waals surface area contributed by atoms with Crippen molar-refractivity contribution in [1.82, 2.24) is 9.97 Å². The van der Waals surface area contributed by atoms with E-state index >= 15 is 0 Å². The number of carbonyl (C=O) groups excluding carboxylic acids is 1. The molecule has 0 saturated heterocycles. The average Bonchev–Trinajstić information content (AvgIpc) is 2.53. The first-order chi connectivity index (χ1) is 10.2. The SMILES string of the molecule is O=C(O)c1cccc2c1CCCN2C(=O)c1cncnc1. The Labute approximate surface area is 121 Å². The van der Waals surface area contributed by atoms with Crippen LogP contribution in [0.2, 0.25) is 0 Å². The molecule has 1 aromatic heterocycles. The fourth-order valence-corrected chi connectivity index (χ4v) is 2.60. The molecule has 0 bridgehead atoms. The fourth-order valence-electron chi connectivity index (χ4n) is 2.60. The minimum Gasteiger partial charge on any atom is -0.478 e. The number of carbonyl (C=O) groups is 2. The summed E-state index contributed by atoms with van der Waals surface area (Å²) in [5, 5.41) is 9.26. The maximum absolute atomic E-state index is 12.5. The van der Waals surface area contributed by atoms with E-state index in [1.807, 2.05) is 0 Å². The maximum atomic E-state index is 12.5. The monoisotopic (exact) mass is 283 g/mol. The molecular formula is C15H13N3O3. The van der Waals surface area contributed by atoms with Crippen molar-refractivity contribution < 1.29 is 14.7 Å². The third-order valence-corrected chi connectivity index (χ3v) is 3.53. The molecule has 0 spiro atoms. The summed E-state index contributed by atoms with van der Waals surface area (Å²) in [6.07, 6.45) is 5.68. The zero-order valence-corrected chi connectivity index (χ0v) is 11.2. The van der Waals surface area contributed by atoms with Gasteiger partial charge in [-0.3, -0.25) is 4.79 Å². The second-order valence-corrected chi connectivity index (χ2v) is 4.80. The number of carboxylic acids is 1. The van der Waals surface area contributed by atoms with Gasteiger partial charge in [-0.2, -0.15) is 0 Å². The summed E-state index contributed by atoms with van der Waals surface area (Å²) in [5.74, 6) is -1.18. The Morgan fingerprint density at radius 2 is 1.95 bits per heavy atom. The van der Waals surface area contributed by atoms with Gasteiger partial charge in [0.1, 0.15) is 6.33 Å². The first-order valence-electron chi connectivity index (χ1n) is 6.60. The predicted octanol–water partition coefficient (Wildman–Crippen LogP) is 1.77. The molecule has 6 heteroatoms. The number of carboxylic acid groups (broad SMARTS) is 1. The van der Waals surface area contributed by atoms with Crippen molar-refractivity contribution in [1.29, 1.82) is 0 Å². The number of fused-ring (bicyclic) bond motifs is 1. The Hall–Kier alpha value is -2.76. The summed E-state index contributed by atoms with van der Waals surface area (Å²) in [6.45, 7) is 0.559. The predicted molar refractivity (Wildman–Crippen MR) is 75.4 cm³/mol. The number of aromatic nitrogens is 2. The van der Waals surface area contributed by atoms with Crippen molar-refractivity contribution in [3.05, 3.63) is 53.6 Å². The van der Waals surface area contributed by atoms with E-state index in [9.17, 15) is 14.7 Å². The molecule has 106 valence electrons. The lowest BCUT2D eigenvalue weighted by Gasteiger charge is -2.30. The van der Waals surface area contributed by atoms with Crippen LogP contribution in [-0.2, 0) is 6.42 Å². The lowest BCUT2D eigenvalue weighted by Crippen LogP contribution is -2.36. The number of nitrogens with zero attached hydrogens (tertiary/aromatic N) is 3. The van der Waals surface area contributed by atoms with Crippen LogP contribution < -0.4 is 4.90 Å². The van der Waals surface area contributed by atoms with Crippen molar-refractivity contribution in [2.45, 2.75) is 12.8 Å². The Kier molecular flexibility index (Phi) is 3.35. The number of amides is 1. The van der Waals surface area contributed by atoms with E-state index in [4.69, 9.17) is 0 Å². The molecule has 0 saturated carbocycles. The Morgan fingerprint density at radius 1 is 1.19 bits per heavy atom. The molecule has 0 unspecified atom stereocenters. The van der Waals surface area contributed by atoms with Crippen LogP contribution in [0.4, 0.5) is 5.69 Å². The van der Waals surface area contributed by atoms with Gasteiger partial charge in [-0.15, -0.1) is 0 Å². The first kappa shape index (κ1) is 13.2. The van der Waals surface area contributed by atoms with E-state index in [0.717, 1.165) is 6.42 Å². The van der Waals surface area contributed by atoms with Crippen LogP contribution in [0.1, 0.15) is 32.7 Å². The molecule has 1 aliphatic heterocycles. The quantitative estimate of drug-likeness (QED) is 0.908. The van der Waals surface area contributed by atoms with E-state index < -0.39 is 5.97 Å². The Morgan fingerprint density at radius 3 is 2.67 bits per heavy atom. The van der Waals surface area contributed by atoms with E-state index in [0.29, 0.717) is 29.8 Å². The summed E-state index contributed by atoms with van der Waals surface area (Å²) in [6, 6.07) is 5.01. The molecule has 1 amide bonds. The highest BCUT2D eigenvalue weighted by Gasteiger charge is 2.26. The van der Waals surface area contributed by atoms with Crippen LogP contribution in [0.25, 0.3) is 0 Å². The van der Waals surface area contributed by atoms with E-state index in [2.05, 4.69) is 9.97 Å². The molecule has 1 aromatic carbocycles. The lowest BCUT2D eigenvalue weighted by molar-refractivity contribution is 0.0695. The van der Waals surface area contributed by atoms with Crippen LogP contribution in [0.15, 0.2) is 36.9 Å². The normalized spacial score (nSPS) is 13.6. The van der Waals surface area contributed by atoms with Crippen molar-refractivity contribution in [2.24, 2.45) is 0 Å². The molecule has 0 atom stereocenters. The van der Waals surface area contributed by atoms with Gasteiger partial charge in [0.05, 0.1) is 11.1 Å². The van der Waals surface area contributed by atoms with Gasteiger partial charge in [0.25, 0.3) is 5.91 Å². The summed E-state index contributed by atoms with van der Waals surface area (Å²) in [7, 11) is 0. The van der Waals surface area contributed by atoms with Crippen LogP contribution in [-0.4, -0.2) is 33.5 Å². The number of hydrogen-bond donors (Lipinski definition) is 1. The summed E-state index contributed by atoms with van der Waals surface area (Å²) in [4.78, 5) is 33.1. The molecule has 0 aliphatic carbocycles. The average molecular weight is 283 g/mol. The molecule has 2 aromatic rings. The Balaban J connectivity index is 2.04. The minimum atomic E-state index is -0.968. The van der Waals surface area contributed by atoms with Crippen LogP contribution in [0.3, 0.4) is 0 Å². The van der Waals surface area contributed by atoms with Crippen LogP contribution in [0, 0.1) is 0 Å². The number of aromatic carboxylic acids is 1. The Bertz CT molecular complexity index is 701. The van der Waals surface area contributed by atoms with Gasteiger partial charge in [-0.25, -0.2) is 14.8 Å². The van der Waals surface area contributed by atoms with Gasteiger partial charge in [0, 0.05) is 24.6 Å². The number of rotatable bonds is 2. The molecule has 0 fully saturated rings. The summed E-state index contributed by atoms with van der Waals surface area (Å²) in [5.41, 5.74) is 2.02. The van der Waals surface area contributed by atoms with E-state index in [1.54, 1.807) is 23.1 Å². The third kappa shape index (κ3) is 2.35. The maximum Gasteiger partial charge on any atom is 0.336 e. The van der Waals surface area contributed by atoms with Gasteiger partial charge >= 0.3 is 5.97 Å². The zero-order chi connectivity index (χ0) is 14.8. The molecule has 0 radical (unpaired) electrons. The van der Waals surface area contributed by atoms with E-state index in [1.165, 1.54) is 18.7 Å². The largest absolute Gasteiger partial charge is 0.478 e. The number of hydrogen-bond acceptors (Lipinski definition) is 4. The molecule has 1 N–H and O–H groups in total. The topological polar surface area (TPSA) is 83.4 Å². The van der Waals surface area contributed by atoms with Crippen molar-refractivity contribution in [3.63, 3.8) is 0 Å². The summed E-state index contributed by atoms with van der Waals surface area (Å²) < 4.78 is 0. The van der Waals surface area contributed by atoms with Crippen LogP contribution in [0.5, 0.6) is 0 Å². The highest BCUT2D eigenvalue weighted by molar-refractivity contribution is 6.07. The minimum absolute atomic E-state index is 0.209. The highest BCUT2D eigenvalue weighted by atomic mass is 16.4. The molecule has 6 nitrogen and oxygen atoms in total. The van der Waals surface area contributed by atoms with E-state index in [-0.39, 0.29) is 11.5 Å². The second-order valence-electron chi connectivity index (χ2n) is 4.80. The molecule has 3 rings (SSSR count). The third-order valence-electron chi connectivity index (χ3n) is 3.53. The van der Waals surface area contributed by atoms with Crippen LogP contribution >= 0.6 is 0 Å². The fraction of sp³-hybridized carbons (Fsp3) is 0.200. The van der Waals surface area contributed by atoms with Gasteiger partial charge in [0.15, 0.2) is 0 Å². The molecule has 21 heavy (non-hydrogen) atoms. The van der Waals surface area contributed by atoms with Crippen molar-refractivity contribution in [2.75, 3.05) is 11.4 Å². The van der Waals surface area contributed by atoms with Crippen molar-refractivity contribution in [3.8, 4) is 0 Å². The molecule has 1 aliphatic rings. The van der Waals surface area contributed by atoms with Gasteiger partial charge in [-0.05, 0) is 30.5 Å². The van der Waals surface area contributed by atoms with Gasteiger partial charge in [-0.1, -0.05) is 6.07 Å². The smallest absolute Gasteiger partial charge is 0.336 e.